The van der Waals surface area contributed by atoms with E-state index in [0.29, 0.717) is 0 Å². The smallest absolute Gasteiger partial charge is 0.313 e. The number of hydrazone groups is 1. The summed E-state index contributed by atoms with van der Waals surface area (Å²) in [6.07, 6.45) is -0.0486. The maximum absolute atomic E-state index is 10.3. The van der Waals surface area contributed by atoms with Crippen molar-refractivity contribution >= 4 is 11.8 Å². The minimum atomic E-state index is -0.443. The highest BCUT2D eigenvalue weighted by Crippen LogP contribution is 1.81. The van der Waals surface area contributed by atoms with Gasteiger partial charge in [0.15, 0.2) is 0 Å². The molecule has 0 bridgehead atoms. The SMILES string of the molecule is COC(=O)C/C(N)=N/N. The van der Waals surface area contributed by atoms with Gasteiger partial charge < -0.3 is 16.3 Å². The van der Waals surface area contributed by atoms with Crippen LogP contribution >= 0.6 is 0 Å². The van der Waals surface area contributed by atoms with E-state index in [-0.39, 0.29) is 12.3 Å². The summed E-state index contributed by atoms with van der Waals surface area (Å²) in [6.45, 7) is 0. The molecule has 0 aliphatic carbocycles. The van der Waals surface area contributed by atoms with E-state index >= 15 is 0 Å². The molecule has 0 atom stereocenters. The maximum atomic E-state index is 10.3. The summed E-state index contributed by atoms with van der Waals surface area (Å²) < 4.78 is 4.27. The van der Waals surface area contributed by atoms with Crippen LogP contribution in [0, 0.1) is 0 Å². The van der Waals surface area contributed by atoms with Gasteiger partial charge in [0, 0.05) is 0 Å². The number of hydrogen-bond acceptors (Lipinski definition) is 4. The van der Waals surface area contributed by atoms with Crippen LogP contribution in [0.3, 0.4) is 0 Å². The van der Waals surface area contributed by atoms with E-state index in [1.54, 1.807) is 0 Å². The van der Waals surface area contributed by atoms with Crippen LogP contribution in [0.4, 0.5) is 0 Å². The molecule has 0 unspecified atom stereocenters. The van der Waals surface area contributed by atoms with Crippen molar-refractivity contribution in [2.45, 2.75) is 6.42 Å². The second-order valence-electron chi connectivity index (χ2n) is 1.37. The third-order valence-corrected chi connectivity index (χ3v) is 0.719. The predicted octanol–water partition coefficient (Wildman–Crippen LogP) is -1.22. The van der Waals surface area contributed by atoms with Crippen LogP contribution in [-0.4, -0.2) is 18.9 Å². The van der Waals surface area contributed by atoms with E-state index < -0.39 is 5.97 Å². The quantitative estimate of drug-likeness (QED) is 0.161. The molecule has 0 aliphatic rings. The number of amidine groups is 1. The van der Waals surface area contributed by atoms with E-state index in [2.05, 4.69) is 9.84 Å². The molecule has 0 spiro atoms. The normalized spacial score (nSPS) is 11.0. The first-order valence-corrected chi connectivity index (χ1v) is 2.29. The fourth-order valence-corrected chi connectivity index (χ4v) is 0.266. The lowest BCUT2D eigenvalue weighted by Gasteiger charge is -1.94. The Balaban J connectivity index is 3.60. The molecule has 0 heterocycles. The number of carbonyl (C=O) groups excluding carboxylic acids is 1. The summed E-state index contributed by atoms with van der Waals surface area (Å²) in [6, 6.07) is 0. The third-order valence-electron chi connectivity index (χ3n) is 0.719. The van der Waals surface area contributed by atoms with Crippen LogP contribution < -0.4 is 11.6 Å². The van der Waals surface area contributed by atoms with Gasteiger partial charge in [-0.1, -0.05) is 0 Å². The zero-order valence-electron chi connectivity index (χ0n) is 5.13. The lowest BCUT2D eigenvalue weighted by molar-refractivity contribution is -0.139. The Morgan fingerprint density at radius 3 is 2.67 bits per heavy atom. The molecular formula is C4H9N3O2. The first-order chi connectivity index (χ1) is 4.20. The topological polar surface area (TPSA) is 90.7 Å². The molecule has 9 heavy (non-hydrogen) atoms. The van der Waals surface area contributed by atoms with Crippen molar-refractivity contribution < 1.29 is 9.53 Å². The second kappa shape index (κ2) is 3.71. The largest absolute Gasteiger partial charge is 0.469 e. The van der Waals surface area contributed by atoms with Gasteiger partial charge in [-0.3, -0.25) is 4.79 Å². The predicted molar refractivity (Wildman–Crippen MR) is 32.4 cm³/mol. The number of nitrogens with two attached hydrogens (primary N) is 2. The molecule has 0 amide bonds. The molecule has 5 nitrogen and oxygen atoms in total. The number of hydrogen-bond donors (Lipinski definition) is 2. The Kier molecular flexibility index (Phi) is 3.19. The molecule has 0 aromatic heterocycles. The van der Waals surface area contributed by atoms with E-state index in [0.717, 1.165) is 0 Å². The molecule has 5 heteroatoms. The first kappa shape index (κ1) is 7.74. The molecule has 0 rings (SSSR count). The minimum absolute atomic E-state index is 0.0486. The van der Waals surface area contributed by atoms with Gasteiger partial charge >= 0.3 is 5.97 Å². The fraction of sp³-hybridized carbons (Fsp3) is 0.500. The number of nitrogens with zero attached hydrogens (tertiary/aromatic N) is 1. The van der Waals surface area contributed by atoms with Gasteiger partial charge in [0.05, 0.1) is 7.11 Å². The van der Waals surface area contributed by atoms with Crippen molar-refractivity contribution in [3.05, 3.63) is 0 Å². The van der Waals surface area contributed by atoms with Gasteiger partial charge in [-0.25, -0.2) is 0 Å². The second-order valence-corrected chi connectivity index (χ2v) is 1.37. The average Bonchev–Trinajstić information content (AvgIpc) is 1.87. The lowest BCUT2D eigenvalue weighted by atomic mass is 10.4. The highest BCUT2D eigenvalue weighted by Gasteiger charge is 2.01. The zero-order chi connectivity index (χ0) is 7.28. The number of rotatable bonds is 2. The summed E-state index contributed by atoms with van der Waals surface area (Å²) >= 11 is 0. The molecule has 4 N–H and O–H groups in total. The van der Waals surface area contributed by atoms with Crippen molar-refractivity contribution in [3.63, 3.8) is 0 Å². The summed E-state index contributed by atoms with van der Waals surface area (Å²) in [7, 11) is 1.27. The Hall–Kier alpha value is -1.26. The molecule has 0 aromatic carbocycles. The van der Waals surface area contributed by atoms with Crippen molar-refractivity contribution in [3.8, 4) is 0 Å². The van der Waals surface area contributed by atoms with Crippen LogP contribution in [0.25, 0.3) is 0 Å². The van der Waals surface area contributed by atoms with Crippen molar-refractivity contribution in [2.75, 3.05) is 7.11 Å². The van der Waals surface area contributed by atoms with Crippen LogP contribution in [0.2, 0.25) is 0 Å². The summed E-state index contributed by atoms with van der Waals surface area (Å²) in [5.74, 6) is 4.36. The minimum Gasteiger partial charge on any atom is -0.469 e. The van der Waals surface area contributed by atoms with Crippen LogP contribution in [0.5, 0.6) is 0 Å². The summed E-state index contributed by atoms with van der Waals surface area (Å²) in [5, 5.41) is 3.07. The number of methoxy groups -OCH3 is 1. The monoisotopic (exact) mass is 131 g/mol. The summed E-state index contributed by atoms with van der Waals surface area (Å²) in [5.41, 5.74) is 5.07. The standard InChI is InChI=1S/C4H9N3O2/c1-9-4(8)2-3(5)7-6/h2,6H2,1H3,(H2,5,7). The highest BCUT2D eigenvalue weighted by atomic mass is 16.5. The van der Waals surface area contributed by atoms with E-state index in [1.165, 1.54) is 7.11 Å². The fourth-order valence-electron chi connectivity index (χ4n) is 0.266. The van der Waals surface area contributed by atoms with Crippen LogP contribution in [-0.2, 0) is 9.53 Å². The Morgan fingerprint density at radius 2 is 2.33 bits per heavy atom. The number of ether oxygens (including phenoxy) is 1. The zero-order valence-corrected chi connectivity index (χ0v) is 5.13. The summed E-state index contributed by atoms with van der Waals surface area (Å²) in [4.78, 5) is 10.3. The molecule has 0 radical (unpaired) electrons. The maximum Gasteiger partial charge on any atom is 0.313 e. The van der Waals surface area contributed by atoms with Crippen molar-refractivity contribution in [2.24, 2.45) is 16.7 Å². The molecule has 0 fully saturated rings. The third kappa shape index (κ3) is 3.33. The van der Waals surface area contributed by atoms with E-state index in [4.69, 9.17) is 11.6 Å². The molecule has 52 valence electrons. The van der Waals surface area contributed by atoms with E-state index in [9.17, 15) is 4.79 Å². The Bertz CT molecular complexity index is 132. The number of esters is 1. The van der Waals surface area contributed by atoms with Gasteiger partial charge in [-0.05, 0) is 0 Å². The van der Waals surface area contributed by atoms with Gasteiger partial charge in [0.25, 0.3) is 0 Å². The number of carbonyl (C=O) groups is 1. The Labute approximate surface area is 52.7 Å². The van der Waals surface area contributed by atoms with Gasteiger partial charge in [-0.2, -0.15) is 5.10 Å². The van der Waals surface area contributed by atoms with Crippen molar-refractivity contribution in [1.82, 2.24) is 0 Å². The van der Waals surface area contributed by atoms with E-state index in [1.807, 2.05) is 0 Å². The lowest BCUT2D eigenvalue weighted by Crippen LogP contribution is -2.19. The van der Waals surface area contributed by atoms with Crippen LogP contribution in [0.15, 0.2) is 5.10 Å². The first-order valence-electron chi connectivity index (χ1n) is 2.29. The van der Waals surface area contributed by atoms with Crippen molar-refractivity contribution in [1.29, 1.82) is 0 Å². The Morgan fingerprint density at radius 1 is 1.78 bits per heavy atom. The average molecular weight is 131 g/mol. The van der Waals surface area contributed by atoms with Gasteiger partial charge in [0.2, 0.25) is 0 Å². The molecule has 0 aliphatic heterocycles. The highest BCUT2D eigenvalue weighted by molar-refractivity contribution is 5.96. The van der Waals surface area contributed by atoms with Crippen LogP contribution in [0.1, 0.15) is 6.42 Å². The molecule has 0 aromatic rings. The molecular weight excluding hydrogens is 122 g/mol. The van der Waals surface area contributed by atoms with Gasteiger partial charge in [0.1, 0.15) is 12.3 Å². The molecule has 0 saturated heterocycles. The van der Waals surface area contributed by atoms with Gasteiger partial charge in [-0.15, -0.1) is 0 Å². The molecule has 0 saturated carbocycles.